The third kappa shape index (κ3) is 3.52. The molecule has 2 aromatic heterocycles. The average Bonchev–Trinajstić information content (AvgIpc) is 3.65. The molecule has 6 nitrogen and oxygen atoms in total. The van der Waals surface area contributed by atoms with Gasteiger partial charge in [0.05, 0.1) is 15.8 Å². The van der Waals surface area contributed by atoms with Crippen LogP contribution in [0.1, 0.15) is 48.6 Å². The van der Waals surface area contributed by atoms with Gasteiger partial charge in [0.1, 0.15) is 5.69 Å². The maximum Gasteiger partial charge on any atom is 0.433 e. The minimum absolute atomic E-state index is 0.0831. The number of rotatable bonds is 5. The molecule has 0 radical (unpaired) electrons. The van der Waals surface area contributed by atoms with Gasteiger partial charge in [-0.1, -0.05) is 12.1 Å². The van der Waals surface area contributed by atoms with Gasteiger partial charge in [-0.25, -0.2) is 18.1 Å². The van der Waals surface area contributed by atoms with Gasteiger partial charge >= 0.3 is 6.18 Å². The molecule has 10 heteroatoms. The number of fused-ring (bicyclic) bond motifs is 1. The van der Waals surface area contributed by atoms with Crippen LogP contribution in [0, 0.1) is 0 Å². The van der Waals surface area contributed by atoms with Crippen molar-refractivity contribution >= 4 is 26.8 Å². The zero-order valence-corrected chi connectivity index (χ0v) is 17.5. The Bertz CT molecular complexity index is 1340. The third-order valence-electron chi connectivity index (χ3n) is 6.00. The lowest BCUT2D eigenvalue weighted by Crippen LogP contribution is -2.39. The van der Waals surface area contributed by atoms with Gasteiger partial charge < -0.3 is 0 Å². The highest BCUT2D eigenvalue weighted by Gasteiger charge is 2.55. The predicted octanol–water partition coefficient (Wildman–Crippen LogP) is 4.06. The first kappa shape index (κ1) is 20.9. The highest BCUT2D eigenvalue weighted by molar-refractivity contribution is 7.90. The summed E-state index contributed by atoms with van der Waals surface area (Å²) in [6.07, 6.45) is -0.975. The van der Waals surface area contributed by atoms with E-state index in [0.29, 0.717) is 42.1 Å². The number of aromatic nitrogens is 2. The molecule has 1 amide bonds. The van der Waals surface area contributed by atoms with Crippen molar-refractivity contribution in [1.82, 2.24) is 14.7 Å². The molecule has 0 saturated heterocycles. The number of halogens is 3. The topological polar surface area (TPSA) is 89.0 Å². The number of nitrogens with one attached hydrogen (secondary N) is 1. The molecule has 166 valence electrons. The van der Waals surface area contributed by atoms with Crippen LogP contribution in [0.4, 0.5) is 13.2 Å². The molecule has 3 aromatic rings. The number of hydrogen-bond acceptors (Lipinski definition) is 5. The van der Waals surface area contributed by atoms with Crippen LogP contribution in [0.5, 0.6) is 0 Å². The molecule has 1 N–H and O–H groups in total. The SMILES string of the molecule is O=C(NS(=O)(=O)c1cccc2ncccc12)C1(c2ccc(C(F)(F)F)nc2C2CC2)CC1. The van der Waals surface area contributed by atoms with Crippen molar-refractivity contribution < 1.29 is 26.4 Å². The van der Waals surface area contributed by atoms with E-state index in [2.05, 4.69) is 14.7 Å². The minimum atomic E-state index is -4.59. The highest BCUT2D eigenvalue weighted by atomic mass is 32.2. The first-order valence-electron chi connectivity index (χ1n) is 10.1. The Hall–Kier alpha value is -3.01. The fourth-order valence-corrected chi connectivity index (χ4v) is 5.30. The first-order valence-corrected chi connectivity index (χ1v) is 11.6. The van der Waals surface area contributed by atoms with Gasteiger partial charge in [-0.3, -0.25) is 9.78 Å². The maximum atomic E-state index is 13.2. The van der Waals surface area contributed by atoms with E-state index >= 15 is 0 Å². The van der Waals surface area contributed by atoms with Crippen LogP contribution >= 0.6 is 0 Å². The number of hydrogen-bond donors (Lipinski definition) is 1. The molecule has 0 bridgehead atoms. The number of sulfonamides is 1. The number of amides is 1. The summed E-state index contributed by atoms with van der Waals surface area (Å²) in [4.78, 5) is 21.1. The summed E-state index contributed by atoms with van der Waals surface area (Å²) >= 11 is 0. The van der Waals surface area contributed by atoms with Crippen LogP contribution in [-0.4, -0.2) is 24.3 Å². The Labute approximate surface area is 181 Å². The molecule has 0 atom stereocenters. The molecule has 0 unspecified atom stereocenters. The van der Waals surface area contributed by atoms with Crippen molar-refractivity contribution in [3.8, 4) is 0 Å². The second kappa shape index (κ2) is 6.99. The van der Waals surface area contributed by atoms with Gasteiger partial charge in [0, 0.05) is 23.2 Å². The zero-order valence-electron chi connectivity index (χ0n) is 16.7. The summed E-state index contributed by atoms with van der Waals surface area (Å²) in [5.41, 5.74) is -1.09. The summed E-state index contributed by atoms with van der Waals surface area (Å²) in [5, 5.41) is 0.370. The number of alkyl halides is 3. The van der Waals surface area contributed by atoms with Crippen LogP contribution in [0.3, 0.4) is 0 Å². The lowest BCUT2D eigenvalue weighted by Gasteiger charge is -2.20. The Morgan fingerprint density at radius 3 is 2.47 bits per heavy atom. The summed E-state index contributed by atoms with van der Waals surface area (Å²) in [6, 6.07) is 9.92. The van der Waals surface area contributed by atoms with Gasteiger partial charge in [0.15, 0.2) is 0 Å². The van der Waals surface area contributed by atoms with Crippen LogP contribution < -0.4 is 4.72 Å². The molecule has 32 heavy (non-hydrogen) atoms. The molecule has 5 rings (SSSR count). The molecule has 0 spiro atoms. The number of carbonyl (C=O) groups is 1. The predicted molar refractivity (Wildman–Crippen MR) is 109 cm³/mol. The number of nitrogens with zero attached hydrogens (tertiary/aromatic N) is 2. The highest BCUT2D eigenvalue weighted by Crippen LogP contribution is 2.54. The van der Waals surface area contributed by atoms with Crippen LogP contribution in [0.2, 0.25) is 0 Å². The third-order valence-corrected chi connectivity index (χ3v) is 7.39. The van der Waals surface area contributed by atoms with Gasteiger partial charge in [0.25, 0.3) is 10.0 Å². The smallest absolute Gasteiger partial charge is 0.273 e. The lowest BCUT2D eigenvalue weighted by atomic mass is 9.91. The van der Waals surface area contributed by atoms with Crippen molar-refractivity contribution in [2.75, 3.05) is 0 Å². The summed E-state index contributed by atoms with van der Waals surface area (Å²) in [5.74, 6) is -0.889. The molecule has 2 aliphatic rings. The van der Waals surface area contributed by atoms with E-state index in [4.69, 9.17) is 0 Å². The van der Waals surface area contributed by atoms with Gasteiger partial charge in [-0.15, -0.1) is 0 Å². The molecule has 2 fully saturated rings. The van der Waals surface area contributed by atoms with Crippen molar-refractivity contribution in [3.05, 3.63) is 65.6 Å². The standard InChI is InChI=1S/C22H18F3N3O3S/c23-22(24,25)18-9-8-15(19(27-18)13-6-7-13)21(10-11-21)20(29)28-32(30,31)17-5-1-4-16-14(17)3-2-12-26-16/h1-5,8-9,12-13H,6-7,10-11H2,(H,28,29). The molecular formula is C22H18F3N3O3S. The fourth-order valence-electron chi connectivity index (χ4n) is 4.03. The van der Waals surface area contributed by atoms with Crippen molar-refractivity contribution in [2.45, 2.75) is 48.1 Å². The van der Waals surface area contributed by atoms with Gasteiger partial charge in [-0.2, -0.15) is 13.2 Å². The first-order chi connectivity index (χ1) is 15.1. The maximum absolute atomic E-state index is 13.2. The Kier molecular flexibility index (Phi) is 4.56. The molecular weight excluding hydrogens is 443 g/mol. The monoisotopic (exact) mass is 461 g/mol. The molecule has 0 aliphatic heterocycles. The Balaban J connectivity index is 1.50. The average molecular weight is 461 g/mol. The molecule has 1 aromatic carbocycles. The van der Waals surface area contributed by atoms with E-state index in [1.54, 1.807) is 18.2 Å². The molecule has 2 aliphatic carbocycles. The van der Waals surface area contributed by atoms with E-state index < -0.39 is 33.2 Å². The minimum Gasteiger partial charge on any atom is -0.273 e. The van der Waals surface area contributed by atoms with Crippen LogP contribution in [0.25, 0.3) is 10.9 Å². The summed E-state index contributed by atoms with van der Waals surface area (Å²) in [7, 11) is -4.23. The van der Waals surface area contributed by atoms with E-state index in [0.717, 1.165) is 6.07 Å². The quantitative estimate of drug-likeness (QED) is 0.619. The van der Waals surface area contributed by atoms with E-state index in [-0.39, 0.29) is 16.5 Å². The number of pyridine rings is 2. The lowest BCUT2D eigenvalue weighted by molar-refractivity contribution is -0.141. The van der Waals surface area contributed by atoms with Crippen LogP contribution in [0.15, 0.2) is 53.6 Å². The van der Waals surface area contributed by atoms with E-state index in [1.165, 1.54) is 24.4 Å². The molecule has 2 heterocycles. The second-order valence-corrected chi connectivity index (χ2v) is 9.90. The second-order valence-electron chi connectivity index (χ2n) is 8.24. The number of carbonyl (C=O) groups excluding carboxylic acids is 1. The zero-order chi connectivity index (χ0) is 22.7. The van der Waals surface area contributed by atoms with E-state index in [9.17, 15) is 26.4 Å². The Morgan fingerprint density at radius 1 is 1.06 bits per heavy atom. The largest absolute Gasteiger partial charge is 0.433 e. The van der Waals surface area contributed by atoms with E-state index in [1.807, 2.05) is 0 Å². The van der Waals surface area contributed by atoms with Gasteiger partial charge in [0.2, 0.25) is 5.91 Å². The Morgan fingerprint density at radius 2 is 1.81 bits per heavy atom. The van der Waals surface area contributed by atoms with Crippen molar-refractivity contribution in [1.29, 1.82) is 0 Å². The summed E-state index contributed by atoms with van der Waals surface area (Å²) in [6.45, 7) is 0. The van der Waals surface area contributed by atoms with Crippen LogP contribution in [-0.2, 0) is 26.4 Å². The van der Waals surface area contributed by atoms with Crippen molar-refractivity contribution in [2.24, 2.45) is 0 Å². The van der Waals surface area contributed by atoms with Gasteiger partial charge in [-0.05, 0) is 61.6 Å². The normalized spacial score (nSPS) is 17.8. The van der Waals surface area contributed by atoms with Crippen molar-refractivity contribution in [3.63, 3.8) is 0 Å². The molecule has 2 saturated carbocycles. The number of benzene rings is 1. The summed E-state index contributed by atoms with van der Waals surface area (Å²) < 4.78 is 67.8. The fraction of sp³-hybridized carbons (Fsp3) is 0.318.